The van der Waals surface area contributed by atoms with Crippen molar-refractivity contribution in [1.29, 1.82) is 0 Å². The first-order chi connectivity index (χ1) is 14.2. The minimum absolute atomic E-state index is 0.0379. The molecule has 0 heterocycles. The Hall–Kier alpha value is -3.41. The number of halogens is 2. The summed E-state index contributed by atoms with van der Waals surface area (Å²) in [6, 6.07) is 15.3. The molecule has 152 valence electrons. The van der Waals surface area contributed by atoms with Gasteiger partial charge in [-0.25, -0.2) is 4.39 Å². The predicted molar refractivity (Wildman–Crippen MR) is 116 cm³/mol. The molecule has 3 aromatic carbocycles. The van der Waals surface area contributed by atoms with Gasteiger partial charge >= 0.3 is 0 Å². The Bertz CT molecular complexity index is 1090. The lowest BCUT2D eigenvalue weighted by molar-refractivity contribution is -0.394. The van der Waals surface area contributed by atoms with Gasteiger partial charge in [-0.05, 0) is 64.6 Å². The number of nitrogens with zero attached hydrogens (tertiary/aromatic N) is 3. The van der Waals surface area contributed by atoms with Crippen molar-refractivity contribution < 1.29 is 19.0 Å². The van der Waals surface area contributed by atoms with Gasteiger partial charge in [0.25, 0.3) is 17.3 Å². The van der Waals surface area contributed by atoms with Gasteiger partial charge in [-0.15, -0.1) is 0 Å². The Balaban J connectivity index is 2.07. The highest BCUT2D eigenvalue weighted by molar-refractivity contribution is 14.1. The zero-order chi connectivity index (χ0) is 21.8. The van der Waals surface area contributed by atoms with Gasteiger partial charge in [0.15, 0.2) is 0 Å². The fraction of sp³-hybridized carbons (Fsp3) is 0.0500. The third-order valence-electron chi connectivity index (χ3n) is 4.21. The standard InChI is InChI=1S/C20H13FIN3O5/c21-15-3-1-13(2-4-15)12-23(17-7-5-16(22)6-8-17)20(26)14-9-18(24(27)28)11-19(10-14)25(29)30/h1-11H,12H2. The Kier molecular flexibility index (Phi) is 6.35. The van der Waals surface area contributed by atoms with Crippen molar-refractivity contribution in [3.63, 3.8) is 0 Å². The molecule has 0 radical (unpaired) electrons. The van der Waals surface area contributed by atoms with Gasteiger partial charge in [-0.2, -0.15) is 0 Å². The summed E-state index contributed by atoms with van der Waals surface area (Å²) in [6.45, 7) is 0.0379. The Morgan fingerprint density at radius 1 is 0.900 bits per heavy atom. The van der Waals surface area contributed by atoms with Crippen LogP contribution in [0.2, 0.25) is 0 Å². The normalized spacial score (nSPS) is 10.5. The Morgan fingerprint density at radius 3 is 1.93 bits per heavy atom. The van der Waals surface area contributed by atoms with Gasteiger partial charge in [0.05, 0.1) is 28.0 Å². The number of rotatable bonds is 6. The van der Waals surface area contributed by atoms with Crippen LogP contribution in [0.3, 0.4) is 0 Å². The van der Waals surface area contributed by atoms with Gasteiger partial charge in [0.1, 0.15) is 5.82 Å². The Morgan fingerprint density at radius 2 is 1.43 bits per heavy atom. The van der Waals surface area contributed by atoms with Gasteiger partial charge in [0, 0.05) is 21.4 Å². The summed E-state index contributed by atoms with van der Waals surface area (Å²) < 4.78 is 14.2. The molecule has 0 atom stereocenters. The third kappa shape index (κ3) is 4.95. The summed E-state index contributed by atoms with van der Waals surface area (Å²) >= 11 is 2.10. The second kappa shape index (κ2) is 8.95. The van der Waals surface area contributed by atoms with E-state index in [2.05, 4.69) is 22.6 Å². The van der Waals surface area contributed by atoms with E-state index in [1.807, 2.05) is 0 Å². The second-order valence-electron chi connectivity index (χ2n) is 6.25. The lowest BCUT2D eigenvalue weighted by atomic mass is 10.1. The first-order valence-corrected chi connectivity index (χ1v) is 9.58. The molecule has 1 amide bonds. The summed E-state index contributed by atoms with van der Waals surface area (Å²) in [6.07, 6.45) is 0. The molecule has 0 aliphatic rings. The van der Waals surface area contributed by atoms with E-state index in [-0.39, 0.29) is 12.1 Å². The molecule has 0 bridgehead atoms. The number of non-ortho nitro benzene ring substituents is 2. The van der Waals surface area contributed by atoms with Gasteiger partial charge in [0.2, 0.25) is 0 Å². The van der Waals surface area contributed by atoms with Crippen LogP contribution in [0.4, 0.5) is 21.5 Å². The predicted octanol–water partition coefficient (Wildman–Crippen LogP) is 5.09. The first kappa shape index (κ1) is 21.3. The average Bonchev–Trinajstić information content (AvgIpc) is 2.73. The maximum Gasteiger partial charge on any atom is 0.277 e. The first-order valence-electron chi connectivity index (χ1n) is 8.50. The van der Waals surface area contributed by atoms with Crippen molar-refractivity contribution in [2.75, 3.05) is 4.90 Å². The molecular formula is C20H13FIN3O5. The number of amides is 1. The van der Waals surface area contributed by atoms with Crippen molar-refractivity contribution in [1.82, 2.24) is 0 Å². The van der Waals surface area contributed by atoms with Gasteiger partial charge < -0.3 is 4.90 Å². The number of nitro benzene ring substituents is 2. The largest absolute Gasteiger partial charge is 0.304 e. The number of carbonyl (C=O) groups excluding carboxylic acids is 1. The number of carbonyl (C=O) groups is 1. The number of benzene rings is 3. The highest BCUT2D eigenvalue weighted by Gasteiger charge is 2.24. The highest BCUT2D eigenvalue weighted by Crippen LogP contribution is 2.27. The summed E-state index contributed by atoms with van der Waals surface area (Å²) in [7, 11) is 0. The molecule has 0 aliphatic carbocycles. The van der Waals surface area contributed by atoms with E-state index in [4.69, 9.17) is 0 Å². The van der Waals surface area contributed by atoms with Crippen molar-refractivity contribution in [3.8, 4) is 0 Å². The average molecular weight is 521 g/mol. The fourth-order valence-electron chi connectivity index (χ4n) is 2.76. The second-order valence-corrected chi connectivity index (χ2v) is 7.49. The van der Waals surface area contributed by atoms with Gasteiger partial charge in [-0.3, -0.25) is 25.0 Å². The molecule has 0 spiro atoms. The molecule has 0 aliphatic heterocycles. The lowest BCUT2D eigenvalue weighted by Gasteiger charge is -2.23. The van der Waals surface area contributed by atoms with Crippen molar-refractivity contribution in [3.05, 3.63) is 107 Å². The van der Waals surface area contributed by atoms with Crippen LogP contribution in [-0.4, -0.2) is 15.8 Å². The molecule has 8 nitrogen and oxygen atoms in total. The molecule has 3 rings (SSSR count). The van der Waals surface area contributed by atoms with Crippen LogP contribution >= 0.6 is 22.6 Å². The molecule has 0 aromatic heterocycles. The SMILES string of the molecule is O=C(c1cc([N+](=O)[O-])cc([N+](=O)[O-])c1)N(Cc1ccc(F)cc1)c1ccc(I)cc1. The van der Waals surface area contributed by atoms with Crippen LogP contribution in [0.5, 0.6) is 0 Å². The molecule has 0 saturated carbocycles. The molecular weight excluding hydrogens is 508 g/mol. The summed E-state index contributed by atoms with van der Waals surface area (Å²) in [5.74, 6) is -1.09. The molecule has 10 heteroatoms. The third-order valence-corrected chi connectivity index (χ3v) is 4.93. The van der Waals surface area contributed by atoms with E-state index < -0.39 is 32.9 Å². The maximum absolute atomic E-state index is 13.3. The summed E-state index contributed by atoms with van der Waals surface area (Å²) in [5, 5.41) is 22.3. The maximum atomic E-state index is 13.3. The van der Waals surface area contributed by atoms with Crippen LogP contribution in [0.25, 0.3) is 0 Å². The topological polar surface area (TPSA) is 107 Å². The number of hydrogen-bond acceptors (Lipinski definition) is 5. The smallest absolute Gasteiger partial charge is 0.277 e. The summed E-state index contributed by atoms with van der Waals surface area (Å²) in [4.78, 5) is 35.3. The molecule has 0 fully saturated rings. The van der Waals surface area contributed by atoms with E-state index in [0.29, 0.717) is 11.3 Å². The van der Waals surface area contributed by atoms with Crippen molar-refractivity contribution in [2.45, 2.75) is 6.54 Å². The van der Waals surface area contributed by atoms with E-state index in [1.54, 1.807) is 24.3 Å². The van der Waals surface area contributed by atoms with Crippen LogP contribution in [0, 0.1) is 29.6 Å². The minimum Gasteiger partial charge on any atom is -0.304 e. The van der Waals surface area contributed by atoms with E-state index in [0.717, 1.165) is 21.8 Å². The Labute approximate surface area is 183 Å². The minimum atomic E-state index is -0.793. The van der Waals surface area contributed by atoms with Crippen LogP contribution < -0.4 is 4.90 Å². The van der Waals surface area contributed by atoms with Crippen LogP contribution in [0.15, 0.2) is 66.7 Å². The molecule has 0 saturated heterocycles. The monoisotopic (exact) mass is 521 g/mol. The molecule has 0 N–H and O–H groups in total. The van der Waals surface area contributed by atoms with E-state index in [1.165, 1.54) is 29.2 Å². The van der Waals surface area contributed by atoms with Crippen molar-refractivity contribution >= 4 is 45.6 Å². The molecule has 3 aromatic rings. The summed E-state index contributed by atoms with van der Waals surface area (Å²) in [5.41, 5.74) is -0.215. The molecule has 0 unspecified atom stereocenters. The zero-order valence-electron chi connectivity index (χ0n) is 15.2. The number of hydrogen-bond donors (Lipinski definition) is 0. The molecule has 30 heavy (non-hydrogen) atoms. The fourth-order valence-corrected chi connectivity index (χ4v) is 3.12. The van der Waals surface area contributed by atoms with E-state index in [9.17, 15) is 29.4 Å². The van der Waals surface area contributed by atoms with E-state index >= 15 is 0 Å². The lowest BCUT2D eigenvalue weighted by Crippen LogP contribution is -2.30. The number of anilines is 1. The van der Waals surface area contributed by atoms with Crippen LogP contribution in [0.1, 0.15) is 15.9 Å². The van der Waals surface area contributed by atoms with Crippen LogP contribution in [-0.2, 0) is 6.54 Å². The van der Waals surface area contributed by atoms with Crippen molar-refractivity contribution in [2.24, 2.45) is 0 Å². The zero-order valence-corrected chi connectivity index (χ0v) is 17.4. The highest BCUT2D eigenvalue weighted by atomic mass is 127. The van der Waals surface area contributed by atoms with Gasteiger partial charge in [-0.1, -0.05) is 12.1 Å². The quantitative estimate of drug-likeness (QED) is 0.255. The number of nitro groups is 2.